The van der Waals surface area contributed by atoms with Crippen LogP contribution in [0, 0.1) is 13.8 Å². The van der Waals surface area contributed by atoms with E-state index < -0.39 is 28.6 Å². The van der Waals surface area contributed by atoms with Gasteiger partial charge in [0.1, 0.15) is 6.04 Å². The summed E-state index contributed by atoms with van der Waals surface area (Å²) in [6.45, 7) is 21.3. The number of aryl methyl sites for hydroxylation is 6. The number of carbonyl (C=O) groups excluding carboxylic acids is 4. The summed E-state index contributed by atoms with van der Waals surface area (Å²) in [4.78, 5) is 58.6. The van der Waals surface area contributed by atoms with Crippen LogP contribution in [0.4, 0.5) is 0 Å². The van der Waals surface area contributed by atoms with Gasteiger partial charge in [0.15, 0.2) is 0 Å². The first-order valence-corrected chi connectivity index (χ1v) is 21.8. The monoisotopic (exact) mass is 870 g/mol. The molecule has 4 aromatic rings. The molecular weight excluding hydrogens is 799 g/mol. The second kappa shape index (κ2) is 30.5. The molecule has 0 N–H and O–H groups in total. The van der Waals surface area contributed by atoms with E-state index in [9.17, 15) is 19.2 Å². The molecule has 0 saturated heterocycles. The zero-order chi connectivity index (χ0) is 43.9. The van der Waals surface area contributed by atoms with E-state index in [1.807, 2.05) is 103 Å². The van der Waals surface area contributed by atoms with Crippen LogP contribution in [0.15, 0.2) is 94.9 Å². The Labute approximate surface area is 379 Å². The molecule has 0 bridgehead atoms. The van der Waals surface area contributed by atoms with E-state index in [-0.39, 0.29) is 19.8 Å². The number of halogens is 2. The van der Waals surface area contributed by atoms with Crippen LogP contribution >= 0.6 is 24.0 Å². The molecule has 0 fully saturated rings. The van der Waals surface area contributed by atoms with Crippen molar-refractivity contribution in [3.63, 3.8) is 0 Å². The summed E-state index contributed by atoms with van der Waals surface area (Å²) in [5.41, 5.74) is 11.6. The molecule has 0 aromatic heterocycles. The first-order chi connectivity index (χ1) is 28.2. The third-order valence-corrected chi connectivity index (χ3v) is 10.2. The Hall–Kier alpha value is -4.52. The van der Waals surface area contributed by atoms with Crippen molar-refractivity contribution in [3.05, 3.63) is 141 Å². The quantitative estimate of drug-likeness (QED) is 0.0406. The molecule has 61 heavy (non-hydrogen) atoms. The lowest BCUT2D eigenvalue weighted by molar-refractivity contribution is -0.116. The van der Waals surface area contributed by atoms with Gasteiger partial charge < -0.3 is 0 Å². The highest BCUT2D eigenvalue weighted by Crippen LogP contribution is 2.23. The van der Waals surface area contributed by atoms with Crippen LogP contribution in [0.25, 0.3) is 0 Å². The molecule has 0 heterocycles. The Kier molecular flexibility index (Phi) is 28.2. The number of hydrogen-bond donors (Lipinski definition) is 0. The zero-order valence-electron chi connectivity index (χ0n) is 37.8. The molecule has 0 aliphatic carbocycles. The van der Waals surface area contributed by atoms with Crippen LogP contribution < -0.4 is 0 Å². The van der Waals surface area contributed by atoms with E-state index in [2.05, 4.69) is 61.1 Å². The van der Waals surface area contributed by atoms with Gasteiger partial charge in [-0.2, -0.15) is 0 Å². The predicted molar refractivity (Wildman–Crippen MR) is 263 cm³/mol. The topological polar surface area (TPSA) is 93.0 Å². The number of rotatable bonds is 19. The van der Waals surface area contributed by atoms with Gasteiger partial charge in [0.2, 0.25) is 17.3 Å². The van der Waals surface area contributed by atoms with Gasteiger partial charge in [-0.05, 0) is 118 Å². The minimum Gasteiger partial charge on any atom is -0.294 e. The van der Waals surface area contributed by atoms with E-state index in [0.29, 0.717) is 17.5 Å². The lowest BCUT2D eigenvalue weighted by atomic mass is 9.88. The van der Waals surface area contributed by atoms with Gasteiger partial charge in [-0.25, -0.2) is 0 Å². The fraction of sp³-hybridized carbons (Fsp3) is 0.434. The first kappa shape index (κ1) is 56.5. The fourth-order valence-electron chi connectivity index (χ4n) is 7.14. The highest BCUT2D eigenvalue weighted by Gasteiger charge is 2.29. The number of hydrogen-bond acceptors (Lipinski definition) is 6. The molecule has 0 spiro atoms. The summed E-state index contributed by atoms with van der Waals surface area (Å²) in [7, 11) is 0. The molecule has 0 saturated carbocycles. The van der Waals surface area contributed by atoms with Gasteiger partial charge in [-0.3, -0.25) is 29.2 Å². The van der Waals surface area contributed by atoms with E-state index in [1.54, 1.807) is 0 Å². The molecule has 0 radical (unpaired) electrons. The molecule has 0 amide bonds. The molecular formula is C53H72Cl2N2O4. The van der Waals surface area contributed by atoms with Gasteiger partial charge in [0.25, 0.3) is 5.24 Å². The number of benzene rings is 4. The second-order valence-corrected chi connectivity index (χ2v) is 15.4. The molecule has 1 unspecified atom stereocenters. The van der Waals surface area contributed by atoms with Crippen molar-refractivity contribution in [2.45, 2.75) is 147 Å². The molecule has 8 heteroatoms. The average Bonchev–Trinajstić information content (AvgIpc) is 3.23. The van der Waals surface area contributed by atoms with E-state index in [1.165, 1.54) is 17.7 Å². The molecule has 332 valence electrons. The summed E-state index contributed by atoms with van der Waals surface area (Å²) >= 11 is 5.27. The van der Waals surface area contributed by atoms with Gasteiger partial charge in [0, 0.05) is 35.5 Å². The highest BCUT2D eigenvalue weighted by molar-refractivity contribution is 6.83. The minimum absolute atomic E-state index is 0. The van der Waals surface area contributed by atoms with Crippen LogP contribution in [0.2, 0.25) is 0 Å². The van der Waals surface area contributed by atoms with Crippen molar-refractivity contribution >= 4 is 58.0 Å². The lowest BCUT2D eigenvalue weighted by Crippen LogP contribution is -2.31. The first-order valence-electron chi connectivity index (χ1n) is 21.4. The zero-order valence-corrected chi connectivity index (χ0v) is 39.3. The Morgan fingerprint density at radius 1 is 0.590 bits per heavy atom. The lowest BCUT2D eigenvalue weighted by Gasteiger charge is -2.17. The Morgan fingerprint density at radius 3 is 1.38 bits per heavy atom. The van der Waals surface area contributed by atoms with Crippen molar-refractivity contribution in [2.75, 3.05) is 6.54 Å². The minimum atomic E-state index is -0.909. The third-order valence-electron chi connectivity index (χ3n) is 10.1. The Bertz CT molecular complexity index is 1990. The maximum Gasteiger partial charge on any atom is 0.293 e. The maximum atomic E-state index is 13.4. The van der Waals surface area contributed by atoms with Gasteiger partial charge in [0.05, 0.1) is 0 Å². The van der Waals surface area contributed by atoms with E-state index in [0.717, 1.165) is 103 Å². The van der Waals surface area contributed by atoms with Crippen LogP contribution in [0.1, 0.15) is 154 Å². The number of ketones is 3. The van der Waals surface area contributed by atoms with Gasteiger partial charge >= 0.3 is 0 Å². The second-order valence-electron chi connectivity index (χ2n) is 15.0. The summed E-state index contributed by atoms with van der Waals surface area (Å²) < 4.78 is 0. The van der Waals surface area contributed by atoms with Crippen molar-refractivity contribution in [2.24, 2.45) is 9.98 Å². The van der Waals surface area contributed by atoms with Crippen LogP contribution in [0.3, 0.4) is 0 Å². The molecule has 0 aliphatic rings. The van der Waals surface area contributed by atoms with Gasteiger partial charge in [-0.1, -0.05) is 158 Å². The molecule has 4 aromatic carbocycles. The predicted octanol–water partition coefficient (Wildman–Crippen LogP) is 13.4. The molecule has 0 aliphatic heterocycles. The number of nitrogens with zero attached hydrogens (tertiary/aromatic N) is 2. The normalized spacial score (nSPS) is 11.4. The number of carbonyl (C=O) groups is 4. The number of aliphatic imine (C=N–C) groups is 2. The fourth-order valence-corrected chi connectivity index (χ4v) is 7.24. The SMILES string of the molecule is C.CCCC(C)=NC(Cc1ccccc1)C(=O)C(=O)c1c(CC)cc(C)cc1CC.CCCC(C)=NCCc1ccccc1.CCc1cc(C)cc(CC)c1C(=O)C(=O)Cl.Cl. The van der Waals surface area contributed by atoms with Crippen molar-refractivity contribution in [1.29, 1.82) is 0 Å². The third kappa shape index (κ3) is 19.0. The standard InChI is InChI=1S/C26H33NO2.C13H15ClO2.C13H19N.CH4.ClH/c1-6-12-19(5)27-23(17-20-13-10-9-11-14-20)25(28)26(29)24-21(7-2)15-18(4)16-22(24)8-3;1-4-9-6-8(3)7-10(5-2)11(9)12(15)13(14)16;1-3-7-12(2)14-11-10-13-8-5-4-6-9-13;;/h9-11,13-16,23H,6-8,12,17H2,1-5H3;6-7H,4-5H2,1-3H3;4-6,8-9H,3,7,10-11H2,1-2H3;1H4;1H. The summed E-state index contributed by atoms with van der Waals surface area (Å²) in [5, 5.41) is -0.909. The molecule has 4 rings (SSSR count). The summed E-state index contributed by atoms with van der Waals surface area (Å²) in [6, 6.07) is 27.6. The number of Topliss-reactive ketones (excluding diaryl/α,β-unsaturated/α-hetero) is 3. The van der Waals surface area contributed by atoms with Crippen molar-refractivity contribution < 1.29 is 19.2 Å². The van der Waals surface area contributed by atoms with E-state index in [4.69, 9.17) is 11.6 Å². The largest absolute Gasteiger partial charge is 0.294 e. The van der Waals surface area contributed by atoms with E-state index >= 15 is 0 Å². The maximum absolute atomic E-state index is 13.4. The Morgan fingerprint density at radius 2 is 0.984 bits per heavy atom. The van der Waals surface area contributed by atoms with Crippen LogP contribution in [-0.2, 0) is 48.1 Å². The van der Waals surface area contributed by atoms with Crippen molar-refractivity contribution in [3.8, 4) is 0 Å². The summed E-state index contributed by atoms with van der Waals surface area (Å²) in [6.07, 6.45) is 8.53. The summed E-state index contributed by atoms with van der Waals surface area (Å²) in [5.74, 6) is -1.39. The highest BCUT2D eigenvalue weighted by atomic mass is 35.5. The Balaban J connectivity index is 0.000000955. The van der Waals surface area contributed by atoms with Crippen LogP contribution in [-0.4, -0.2) is 46.6 Å². The molecule has 1 atom stereocenters. The van der Waals surface area contributed by atoms with Gasteiger partial charge in [-0.15, -0.1) is 12.4 Å². The van der Waals surface area contributed by atoms with Crippen LogP contribution in [0.5, 0.6) is 0 Å². The average molecular weight is 872 g/mol. The smallest absolute Gasteiger partial charge is 0.293 e. The molecule has 6 nitrogen and oxygen atoms in total. The van der Waals surface area contributed by atoms with Crippen molar-refractivity contribution in [1.82, 2.24) is 0 Å².